The van der Waals surface area contributed by atoms with Crippen molar-refractivity contribution in [1.29, 1.82) is 0 Å². The average Bonchev–Trinajstić information content (AvgIpc) is 2.43. The first-order chi connectivity index (χ1) is 9.51. The number of nitrogens with zero attached hydrogens (tertiary/aromatic N) is 1. The van der Waals surface area contributed by atoms with E-state index in [1.54, 1.807) is 24.3 Å². The van der Waals surface area contributed by atoms with Gasteiger partial charge in [0.05, 0.1) is 6.61 Å². The molecule has 0 bridgehead atoms. The topological polar surface area (TPSA) is 130 Å². The quantitative estimate of drug-likeness (QED) is 0.569. The number of hydrogen-bond donors (Lipinski definition) is 4. The third-order valence-electron chi connectivity index (χ3n) is 2.91. The predicted octanol–water partition coefficient (Wildman–Crippen LogP) is 0.256. The van der Waals surface area contributed by atoms with Gasteiger partial charge in [0.1, 0.15) is 6.04 Å². The van der Waals surface area contributed by atoms with Gasteiger partial charge in [-0.25, -0.2) is 9.59 Å². The highest BCUT2D eigenvalue weighted by Crippen LogP contribution is 2.20. The van der Waals surface area contributed by atoms with Crippen LogP contribution in [0.15, 0.2) is 24.3 Å². The number of aliphatic hydroxyl groups excluding tert-OH is 1. The van der Waals surface area contributed by atoms with E-state index in [1.165, 1.54) is 0 Å². The lowest BCUT2D eigenvalue weighted by Crippen LogP contribution is -2.48. The lowest BCUT2D eigenvalue weighted by atomic mass is 10.1. The maximum Gasteiger partial charge on any atom is 0.326 e. The van der Waals surface area contributed by atoms with Crippen molar-refractivity contribution in [1.82, 2.24) is 0 Å². The highest BCUT2D eigenvalue weighted by molar-refractivity contribution is 5.97. The number of hydrogen-bond acceptors (Lipinski definition) is 4. The van der Waals surface area contributed by atoms with Gasteiger partial charge >= 0.3 is 12.0 Å². The number of urea groups is 1. The Hall–Kier alpha value is -2.12. The molecule has 110 valence electrons. The first-order valence-electron chi connectivity index (χ1n) is 6.22. The van der Waals surface area contributed by atoms with Gasteiger partial charge in [-0.05, 0) is 37.1 Å². The van der Waals surface area contributed by atoms with Crippen LogP contribution in [0, 0.1) is 0 Å². The van der Waals surface area contributed by atoms with Crippen LogP contribution < -0.4 is 16.4 Å². The van der Waals surface area contributed by atoms with E-state index in [9.17, 15) is 14.7 Å². The fraction of sp³-hybridized carbons (Fsp3) is 0.385. The molecule has 1 rings (SSSR count). The number of carbonyl (C=O) groups is 2. The van der Waals surface area contributed by atoms with E-state index in [0.29, 0.717) is 24.2 Å². The summed E-state index contributed by atoms with van der Waals surface area (Å²) in [5.41, 5.74) is 11.7. The summed E-state index contributed by atoms with van der Waals surface area (Å²) < 4.78 is 0. The molecule has 0 aromatic heterocycles. The zero-order valence-corrected chi connectivity index (χ0v) is 11.0. The zero-order valence-electron chi connectivity index (χ0n) is 11.0. The second-order valence-corrected chi connectivity index (χ2v) is 4.32. The number of aliphatic carboxylic acids is 1. The molecule has 0 saturated carbocycles. The Morgan fingerprint density at radius 3 is 2.25 bits per heavy atom. The van der Waals surface area contributed by atoms with Gasteiger partial charge in [-0.1, -0.05) is 12.1 Å². The highest BCUT2D eigenvalue weighted by atomic mass is 16.4. The molecule has 0 fully saturated rings. The summed E-state index contributed by atoms with van der Waals surface area (Å²) in [6, 6.07) is 4.41. The van der Waals surface area contributed by atoms with Gasteiger partial charge in [0, 0.05) is 5.69 Å². The average molecular weight is 281 g/mol. The molecule has 0 aliphatic carbocycles. The van der Waals surface area contributed by atoms with E-state index < -0.39 is 18.0 Å². The molecule has 7 nitrogen and oxygen atoms in total. The monoisotopic (exact) mass is 281 g/mol. The molecule has 0 spiro atoms. The number of aliphatic hydroxyl groups is 1. The summed E-state index contributed by atoms with van der Waals surface area (Å²) in [6.45, 7) is 0.201. The molecule has 0 saturated heterocycles. The van der Waals surface area contributed by atoms with Gasteiger partial charge in [-0.2, -0.15) is 0 Å². The minimum absolute atomic E-state index is 0.133. The zero-order chi connectivity index (χ0) is 15.1. The number of nitrogens with two attached hydrogens (primary N) is 2. The largest absolute Gasteiger partial charge is 0.480 e. The van der Waals surface area contributed by atoms with Gasteiger partial charge in [0.15, 0.2) is 0 Å². The maximum absolute atomic E-state index is 11.6. The van der Waals surface area contributed by atoms with E-state index in [0.717, 1.165) is 4.90 Å². The van der Waals surface area contributed by atoms with Crippen molar-refractivity contribution >= 4 is 17.7 Å². The Morgan fingerprint density at radius 2 is 1.85 bits per heavy atom. The molecular weight excluding hydrogens is 262 g/mol. The van der Waals surface area contributed by atoms with Crippen molar-refractivity contribution in [2.45, 2.75) is 25.5 Å². The number of amides is 2. The fourth-order valence-electron chi connectivity index (χ4n) is 1.90. The summed E-state index contributed by atoms with van der Waals surface area (Å²) >= 11 is 0. The minimum atomic E-state index is -1.14. The Balaban J connectivity index is 3.06. The smallest absolute Gasteiger partial charge is 0.326 e. The molecule has 1 aromatic carbocycles. The molecule has 2 amide bonds. The van der Waals surface area contributed by atoms with Crippen LogP contribution in [0.2, 0.25) is 0 Å². The number of anilines is 1. The van der Waals surface area contributed by atoms with Crippen LogP contribution in [-0.2, 0) is 11.4 Å². The highest BCUT2D eigenvalue weighted by Gasteiger charge is 2.29. The van der Waals surface area contributed by atoms with Crippen LogP contribution in [0.4, 0.5) is 10.5 Å². The molecule has 0 radical (unpaired) electrons. The predicted molar refractivity (Wildman–Crippen MR) is 74.1 cm³/mol. The molecule has 1 atom stereocenters. The van der Waals surface area contributed by atoms with Crippen molar-refractivity contribution in [3.63, 3.8) is 0 Å². The first kappa shape index (κ1) is 15.9. The number of primary amides is 1. The van der Waals surface area contributed by atoms with Crippen LogP contribution in [0.5, 0.6) is 0 Å². The summed E-state index contributed by atoms with van der Waals surface area (Å²) in [5.74, 6) is -1.14. The van der Waals surface area contributed by atoms with Gasteiger partial charge in [0.2, 0.25) is 0 Å². The molecule has 20 heavy (non-hydrogen) atoms. The molecule has 0 heterocycles. The first-order valence-corrected chi connectivity index (χ1v) is 6.22. The van der Waals surface area contributed by atoms with Crippen molar-refractivity contribution in [3.8, 4) is 0 Å². The SMILES string of the molecule is NCCC[C@@H](C(=O)O)N(C(N)=O)c1ccc(CO)cc1. The molecule has 0 unspecified atom stereocenters. The van der Waals surface area contributed by atoms with Gasteiger partial charge in [-0.15, -0.1) is 0 Å². The summed E-state index contributed by atoms with van der Waals surface area (Å²) in [6.07, 6.45) is 0.687. The number of carboxylic acids is 1. The molecular formula is C13H19N3O4. The Labute approximate surface area is 116 Å². The molecule has 1 aromatic rings. The van der Waals surface area contributed by atoms with Crippen LogP contribution in [0.1, 0.15) is 18.4 Å². The lowest BCUT2D eigenvalue weighted by molar-refractivity contribution is -0.138. The number of rotatable bonds is 7. The minimum Gasteiger partial charge on any atom is -0.480 e. The van der Waals surface area contributed by atoms with Gasteiger partial charge in [0.25, 0.3) is 0 Å². The number of carboxylic acid groups (broad SMARTS) is 1. The van der Waals surface area contributed by atoms with Crippen molar-refractivity contribution in [2.24, 2.45) is 11.5 Å². The van der Waals surface area contributed by atoms with Crippen LogP contribution in [0.3, 0.4) is 0 Å². The van der Waals surface area contributed by atoms with Crippen LogP contribution in [0.25, 0.3) is 0 Å². The summed E-state index contributed by atoms with van der Waals surface area (Å²) in [5, 5.41) is 18.2. The Morgan fingerprint density at radius 1 is 1.25 bits per heavy atom. The number of carbonyl (C=O) groups excluding carboxylic acids is 1. The Kier molecular flexibility index (Phi) is 5.95. The molecule has 0 aliphatic heterocycles. The lowest BCUT2D eigenvalue weighted by Gasteiger charge is -2.27. The van der Waals surface area contributed by atoms with Crippen molar-refractivity contribution in [3.05, 3.63) is 29.8 Å². The van der Waals surface area contributed by atoms with Crippen LogP contribution >= 0.6 is 0 Å². The fourth-order valence-corrected chi connectivity index (χ4v) is 1.90. The summed E-state index contributed by atoms with van der Waals surface area (Å²) in [7, 11) is 0. The molecule has 6 N–H and O–H groups in total. The maximum atomic E-state index is 11.6. The van der Waals surface area contributed by atoms with E-state index in [-0.39, 0.29) is 13.0 Å². The van der Waals surface area contributed by atoms with Crippen LogP contribution in [-0.4, -0.2) is 34.8 Å². The van der Waals surface area contributed by atoms with Crippen molar-refractivity contribution in [2.75, 3.05) is 11.4 Å². The number of benzene rings is 1. The van der Waals surface area contributed by atoms with E-state index >= 15 is 0 Å². The summed E-state index contributed by atoms with van der Waals surface area (Å²) in [4.78, 5) is 23.9. The van der Waals surface area contributed by atoms with E-state index in [4.69, 9.17) is 16.6 Å². The van der Waals surface area contributed by atoms with Gasteiger partial charge in [-0.3, -0.25) is 4.90 Å². The second-order valence-electron chi connectivity index (χ2n) is 4.32. The third kappa shape index (κ3) is 3.94. The third-order valence-corrected chi connectivity index (χ3v) is 2.91. The molecule has 7 heteroatoms. The molecule has 0 aliphatic rings. The Bertz CT molecular complexity index is 461. The second kappa shape index (κ2) is 7.46. The van der Waals surface area contributed by atoms with E-state index in [1.807, 2.05) is 0 Å². The normalized spacial score (nSPS) is 11.9. The van der Waals surface area contributed by atoms with E-state index in [2.05, 4.69) is 0 Å². The standard InChI is InChI=1S/C13H19N3O4/c14-7-1-2-11(12(18)19)16(13(15)20)10-5-3-9(8-17)4-6-10/h3-6,11,17H,1-2,7-8,14H2,(H2,15,20)(H,18,19)/t11-/m0/s1. The van der Waals surface area contributed by atoms with Gasteiger partial charge < -0.3 is 21.7 Å². The van der Waals surface area contributed by atoms with Crippen molar-refractivity contribution < 1.29 is 19.8 Å².